The highest BCUT2D eigenvalue weighted by molar-refractivity contribution is 8.13. The molecule has 0 bridgehead atoms. The van der Waals surface area contributed by atoms with E-state index in [2.05, 4.69) is 10.3 Å². The maximum absolute atomic E-state index is 16.2. The highest BCUT2D eigenvalue weighted by Gasteiger charge is 2.53. The number of alkyl halides is 2. The van der Waals surface area contributed by atoms with Crippen LogP contribution in [0.15, 0.2) is 43.0 Å². The summed E-state index contributed by atoms with van der Waals surface area (Å²) in [7, 11) is -4.57. The monoisotopic (exact) mass is 967 g/mol. The molecule has 5 atom stereocenters. The average Bonchev–Trinajstić information content (AvgIpc) is 3.56. The van der Waals surface area contributed by atoms with Gasteiger partial charge in [0.05, 0.1) is 41.7 Å². The van der Waals surface area contributed by atoms with E-state index in [1.807, 2.05) is 10.8 Å². The van der Waals surface area contributed by atoms with Crippen molar-refractivity contribution in [2.75, 3.05) is 44.0 Å². The molecule has 3 aromatic rings. The first-order valence-corrected chi connectivity index (χ1v) is 26.0. The SMILES string of the molecule is CC(C)(O)CC(=O)SCCOP(=O)(CC(F)(F)c1ccc2sc(C(=O)N[C@H]3C[C@@H]4C[C@@H]4C[C@H]4CC[C@@H](C(=O)N5CC(n6ccnc6)C5)N4C3=O)cc2c1)OCCSC(=O)CC(C)(C)O. The zero-order valence-corrected chi connectivity index (χ0v) is 39.6. The predicted molar refractivity (Wildman–Crippen MR) is 240 cm³/mol. The van der Waals surface area contributed by atoms with Crippen LogP contribution in [0.2, 0.25) is 0 Å². The number of thiophene rings is 1. The van der Waals surface area contributed by atoms with Crippen molar-refractivity contribution in [3.05, 3.63) is 53.4 Å². The second-order valence-corrected chi connectivity index (χ2v) is 24.0. The topological polar surface area (TPSA) is 198 Å². The molecule has 1 saturated carbocycles. The summed E-state index contributed by atoms with van der Waals surface area (Å²) in [5.41, 5.74) is -3.01. The van der Waals surface area contributed by atoms with Crippen LogP contribution >= 0.6 is 42.5 Å². The van der Waals surface area contributed by atoms with Crippen molar-refractivity contribution in [3.63, 3.8) is 0 Å². The molecular weight excluding hydrogens is 912 g/mol. The number of aliphatic hydroxyl groups is 2. The Morgan fingerprint density at radius 3 is 2.17 bits per heavy atom. The largest absolute Gasteiger partial charge is 0.390 e. The molecule has 4 aliphatic rings. The van der Waals surface area contributed by atoms with Crippen molar-refractivity contribution in [2.45, 2.75) is 114 Å². The summed E-state index contributed by atoms with van der Waals surface area (Å²) in [6, 6.07) is 3.88. The minimum absolute atomic E-state index is 0.0457. The lowest BCUT2D eigenvalue weighted by Crippen LogP contribution is -2.60. The number of nitrogens with zero attached hydrogens (tertiary/aromatic N) is 4. The number of fused-ring (bicyclic) bond motifs is 3. The van der Waals surface area contributed by atoms with Gasteiger partial charge in [-0.1, -0.05) is 29.6 Å². The van der Waals surface area contributed by atoms with Gasteiger partial charge in [0.1, 0.15) is 18.2 Å². The zero-order chi connectivity index (χ0) is 46.2. The van der Waals surface area contributed by atoms with Gasteiger partial charge in [-0.2, -0.15) is 0 Å². The summed E-state index contributed by atoms with van der Waals surface area (Å²) in [4.78, 5) is 74.3. The molecule has 0 spiro atoms. The van der Waals surface area contributed by atoms with Gasteiger partial charge in [-0.15, -0.1) is 11.3 Å². The Labute approximate surface area is 383 Å². The lowest BCUT2D eigenvalue weighted by molar-refractivity contribution is -0.150. The van der Waals surface area contributed by atoms with E-state index in [-0.39, 0.29) is 82.5 Å². The highest BCUT2D eigenvalue weighted by Crippen LogP contribution is 2.55. The Hall–Kier alpha value is -3.23. The van der Waals surface area contributed by atoms with Gasteiger partial charge in [-0.3, -0.25) is 28.5 Å². The number of hydrogen-bond donors (Lipinski definition) is 3. The quantitative estimate of drug-likeness (QED) is 0.0904. The fraction of sp³-hybridized carbons (Fsp3) is 0.628. The third kappa shape index (κ3) is 12.4. The Morgan fingerprint density at radius 2 is 1.56 bits per heavy atom. The van der Waals surface area contributed by atoms with Crippen LogP contribution in [0.5, 0.6) is 0 Å². The minimum Gasteiger partial charge on any atom is -0.390 e. The lowest BCUT2D eigenvalue weighted by atomic mass is 9.98. The number of carbonyl (C=O) groups excluding carboxylic acids is 5. The van der Waals surface area contributed by atoms with Crippen molar-refractivity contribution >= 4 is 80.5 Å². The molecule has 7 rings (SSSR count). The number of likely N-dealkylation sites (tertiary alicyclic amines) is 1. The number of nitrogens with one attached hydrogen (secondary N) is 1. The summed E-state index contributed by atoms with van der Waals surface area (Å²) in [5.74, 6) is -4.04. The van der Waals surface area contributed by atoms with Gasteiger partial charge >= 0.3 is 7.60 Å². The first-order valence-electron chi connectivity index (χ1n) is 21.5. The number of hydrogen-bond acceptors (Lipinski definition) is 14. The fourth-order valence-corrected chi connectivity index (χ4v) is 13.3. The Morgan fingerprint density at radius 1 is 0.922 bits per heavy atom. The van der Waals surface area contributed by atoms with E-state index in [9.17, 15) is 38.8 Å². The van der Waals surface area contributed by atoms with Crippen LogP contribution in [0.4, 0.5) is 8.78 Å². The van der Waals surface area contributed by atoms with E-state index < -0.39 is 54.4 Å². The van der Waals surface area contributed by atoms with E-state index in [1.165, 1.54) is 52.0 Å². The molecule has 3 saturated heterocycles. The summed E-state index contributed by atoms with van der Waals surface area (Å²) in [5, 5.41) is 22.4. The van der Waals surface area contributed by atoms with Crippen LogP contribution in [0.25, 0.3) is 10.1 Å². The van der Waals surface area contributed by atoms with Crippen LogP contribution in [0, 0.1) is 11.8 Å². The average molecular weight is 968 g/mol. The second kappa shape index (κ2) is 19.5. The maximum Gasteiger partial charge on any atom is 0.337 e. The molecule has 3 aliphatic heterocycles. The van der Waals surface area contributed by atoms with Crippen LogP contribution < -0.4 is 5.32 Å². The van der Waals surface area contributed by atoms with Gasteiger partial charge in [0.2, 0.25) is 11.8 Å². The maximum atomic E-state index is 16.2. The van der Waals surface area contributed by atoms with Crippen LogP contribution in [0.3, 0.4) is 0 Å². The summed E-state index contributed by atoms with van der Waals surface area (Å²) < 4.78 is 59.6. The number of carbonyl (C=O) groups is 5. The molecule has 0 radical (unpaired) electrons. The lowest BCUT2D eigenvalue weighted by Gasteiger charge is -2.43. The molecule has 5 heterocycles. The van der Waals surface area contributed by atoms with Crippen molar-refractivity contribution in [3.8, 4) is 0 Å². The number of imidazole rings is 1. The number of amides is 3. The van der Waals surface area contributed by atoms with Gasteiger partial charge < -0.3 is 38.9 Å². The van der Waals surface area contributed by atoms with Gasteiger partial charge in [0.15, 0.2) is 10.2 Å². The molecule has 3 amide bonds. The number of thioether (sulfide) groups is 2. The molecule has 64 heavy (non-hydrogen) atoms. The molecule has 1 aliphatic carbocycles. The number of halogens is 2. The van der Waals surface area contributed by atoms with E-state index in [1.54, 1.807) is 22.3 Å². The molecule has 21 heteroatoms. The first kappa shape index (κ1) is 48.7. The Bertz CT molecular complexity index is 2220. The normalized spacial score (nSPS) is 23.0. The van der Waals surface area contributed by atoms with Crippen molar-refractivity contribution in [1.29, 1.82) is 0 Å². The third-order valence-corrected chi connectivity index (χ3v) is 16.7. The molecule has 4 fully saturated rings. The van der Waals surface area contributed by atoms with Gasteiger partial charge in [-0.05, 0) is 95.2 Å². The molecule has 3 N–H and O–H groups in total. The Balaban J connectivity index is 1.00. The zero-order valence-electron chi connectivity index (χ0n) is 36.3. The predicted octanol–water partition coefficient (Wildman–Crippen LogP) is 6.23. The van der Waals surface area contributed by atoms with E-state index >= 15 is 8.78 Å². The molecule has 0 unspecified atom stereocenters. The fourth-order valence-electron chi connectivity index (χ4n) is 8.70. The molecule has 2 aromatic heterocycles. The van der Waals surface area contributed by atoms with E-state index in [0.29, 0.717) is 41.9 Å². The van der Waals surface area contributed by atoms with E-state index in [0.717, 1.165) is 54.1 Å². The second-order valence-electron chi connectivity index (χ2n) is 18.6. The van der Waals surface area contributed by atoms with Crippen LogP contribution in [0.1, 0.15) is 93.9 Å². The summed E-state index contributed by atoms with van der Waals surface area (Å²) >= 11 is 2.67. The first-order chi connectivity index (χ1) is 30.1. The molecule has 1 aromatic carbocycles. The molecule has 350 valence electrons. The number of benzene rings is 1. The van der Waals surface area contributed by atoms with Gasteiger partial charge in [0.25, 0.3) is 11.8 Å². The minimum atomic E-state index is -4.57. The molecular formula is C43H56F2N5O10PS3. The van der Waals surface area contributed by atoms with Crippen LogP contribution in [-0.2, 0) is 38.7 Å². The van der Waals surface area contributed by atoms with E-state index in [4.69, 9.17) is 9.05 Å². The Kier molecular flexibility index (Phi) is 14.9. The summed E-state index contributed by atoms with van der Waals surface area (Å²) in [6.07, 6.45) is 7.13. The van der Waals surface area contributed by atoms with Gasteiger partial charge in [-0.25, -0.2) is 13.8 Å². The standard InChI is InChI=1S/C43H56F2N5O10PS3/c1-41(2,56)20-36(51)62-13-11-59-61(58,60-12-14-63-37(52)21-42(3,4)57)24-43(44,45)29-5-8-34-28(16-29)19-35(64-34)38(53)47-32-18-27-15-26(27)17-30-6-7-33(50(30)39(32)54)40(55)49-22-31(23-49)48-10-9-46-25-48/h5,8-10,16,19,25-27,30-33,56-57H,6-7,11-15,17-18,20-24H2,1-4H3,(H,47,53)/t26-,27+,30-,32+,33+/m1/s1. The van der Waals surface area contributed by atoms with Crippen LogP contribution in [-0.4, -0.2) is 131 Å². The van der Waals surface area contributed by atoms with Crippen molar-refractivity contribution < 1.29 is 56.6 Å². The number of aromatic nitrogens is 2. The smallest absolute Gasteiger partial charge is 0.337 e. The third-order valence-electron chi connectivity index (χ3n) is 11.9. The van der Waals surface area contributed by atoms with Gasteiger partial charge in [0, 0.05) is 66.1 Å². The molecule has 15 nitrogen and oxygen atoms in total. The van der Waals surface area contributed by atoms with Crippen molar-refractivity contribution in [2.24, 2.45) is 11.8 Å². The number of rotatable bonds is 19. The van der Waals surface area contributed by atoms with Crippen molar-refractivity contribution in [1.82, 2.24) is 24.7 Å². The summed E-state index contributed by atoms with van der Waals surface area (Å²) in [6.45, 7) is 6.19. The highest BCUT2D eigenvalue weighted by atomic mass is 32.2.